The Morgan fingerprint density at radius 1 is 1.22 bits per heavy atom. The SMILES string of the molecule is O=c1[nH]cnc2c1nc(SCc1ccccc1)n2[C@H]1O[C@@H](CO)[C@@H](O)[C@H]1O. The molecule has 3 heterocycles. The first-order valence-electron chi connectivity index (χ1n) is 8.35. The molecule has 0 aliphatic carbocycles. The first kappa shape index (κ1) is 18.1. The number of H-pyrrole nitrogens is 1. The van der Waals surface area contributed by atoms with E-state index in [1.54, 1.807) is 0 Å². The van der Waals surface area contributed by atoms with E-state index in [1.807, 2.05) is 30.3 Å². The molecular weight excluding hydrogens is 372 g/mol. The average Bonchev–Trinajstić information content (AvgIpc) is 3.19. The average molecular weight is 390 g/mol. The Kier molecular flexibility index (Phi) is 4.98. The lowest BCUT2D eigenvalue weighted by Gasteiger charge is -2.19. The van der Waals surface area contributed by atoms with Crippen molar-refractivity contribution in [3.63, 3.8) is 0 Å². The third-order valence-corrected chi connectivity index (χ3v) is 5.46. The van der Waals surface area contributed by atoms with Crippen molar-refractivity contribution < 1.29 is 20.1 Å². The number of aromatic nitrogens is 4. The number of rotatable bonds is 5. The lowest BCUT2D eigenvalue weighted by Crippen LogP contribution is -2.33. The number of hydrogen-bond acceptors (Lipinski definition) is 8. The highest BCUT2D eigenvalue weighted by Gasteiger charge is 2.45. The largest absolute Gasteiger partial charge is 0.394 e. The lowest BCUT2D eigenvalue weighted by atomic mass is 10.1. The van der Waals surface area contributed by atoms with Gasteiger partial charge in [0.05, 0.1) is 12.9 Å². The Morgan fingerprint density at radius 3 is 2.70 bits per heavy atom. The number of benzene rings is 1. The van der Waals surface area contributed by atoms with Crippen LogP contribution in [0.5, 0.6) is 0 Å². The third kappa shape index (κ3) is 3.26. The van der Waals surface area contributed by atoms with Crippen molar-refractivity contribution in [2.75, 3.05) is 6.61 Å². The van der Waals surface area contributed by atoms with Crippen LogP contribution in [0.2, 0.25) is 0 Å². The highest BCUT2D eigenvalue weighted by Crippen LogP contribution is 2.35. The standard InChI is InChI=1S/C17H18N4O5S/c22-6-10-12(23)13(24)16(26-10)21-14-11(15(25)19-8-18-14)20-17(21)27-7-9-4-2-1-3-5-9/h1-5,8,10,12-13,16,22-24H,6-7H2,(H,18,19,25)/t10-,12+,13+,16-/m0/s1. The predicted molar refractivity (Wildman–Crippen MR) is 97.2 cm³/mol. The molecule has 27 heavy (non-hydrogen) atoms. The molecule has 1 aliphatic heterocycles. The summed E-state index contributed by atoms with van der Waals surface area (Å²) in [5.41, 5.74) is 1.01. The quantitative estimate of drug-likeness (QED) is 0.448. The molecule has 142 valence electrons. The van der Waals surface area contributed by atoms with Crippen molar-refractivity contribution in [3.8, 4) is 0 Å². The van der Waals surface area contributed by atoms with Gasteiger partial charge in [-0.15, -0.1) is 0 Å². The fraction of sp³-hybridized carbons (Fsp3) is 0.353. The summed E-state index contributed by atoms with van der Waals surface area (Å²) in [7, 11) is 0. The van der Waals surface area contributed by atoms with Gasteiger partial charge in [0.1, 0.15) is 18.3 Å². The minimum Gasteiger partial charge on any atom is -0.394 e. The third-order valence-electron chi connectivity index (χ3n) is 4.43. The van der Waals surface area contributed by atoms with E-state index in [0.29, 0.717) is 10.9 Å². The fourth-order valence-electron chi connectivity index (χ4n) is 3.05. The predicted octanol–water partition coefficient (Wildman–Crippen LogP) is 0.0234. The van der Waals surface area contributed by atoms with Crippen LogP contribution in [-0.4, -0.2) is 59.8 Å². The molecule has 4 rings (SSSR count). The summed E-state index contributed by atoms with van der Waals surface area (Å²) < 4.78 is 7.13. The molecule has 4 atom stereocenters. The molecule has 4 N–H and O–H groups in total. The van der Waals surface area contributed by atoms with Crippen molar-refractivity contribution >= 4 is 22.9 Å². The van der Waals surface area contributed by atoms with Gasteiger partial charge in [-0.1, -0.05) is 42.1 Å². The van der Waals surface area contributed by atoms with E-state index >= 15 is 0 Å². The fourth-order valence-corrected chi connectivity index (χ4v) is 4.02. The van der Waals surface area contributed by atoms with Gasteiger partial charge in [-0.3, -0.25) is 9.36 Å². The zero-order valence-electron chi connectivity index (χ0n) is 14.1. The summed E-state index contributed by atoms with van der Waals surface area (Å²) in [6.07, 6.45) is -3.26. The van der Waals surface area contributed by atoms with E-state index < -0.39 is 36.7 Å². The van der Waals surface area contributed by atoms with Gasteiger partial charge in [0.2, 0.25) is 0 Å². The Bertz CT molecular complexity index is 992. The summed E-state index contributed by atoms with van der Waals surface area (Å²) in [6.45, 7) is -0.443. The normalized spacial score (nSPS) is 25.3. The number of ether oxygens (including phenoxy) is 1. The molecule has 1 saturated heterocycles. The van der Waals surface area contributed by atoms with E-state index in [-0.39, 0.29) is 11.2 Å². The van der Waals surface area contributed by atoms with Crippen LogP contribution in [0.15, 0.2) is 46.6 Å². The number of hydrogen-bond donors (Lipinski definition) is 4. The topological polar surface area (TPSA) is 133 Å². The number of imidazole rings is 1. The van der Waals surface area contributed by atoms with Crippen LogP contribution < -0.4 is 5.56 Å². The van der Waals surface area contributed by atoms with Crippen molar-refractivity contribution in [3.05, 3.63) is 52.6 Å². The second-order valence-corrected chi connectivity index (χ2v) is 7.11. The number of aliphatic hydroxyl groups is 3. The van der Waals surface area contributed by atoms with Crippen LogP contribution in [0.3, 0.4) is 0 Å². The highest BCUT2D eigenvalue weighted by molar-refractivity contribution is 7.98. The molecule has 1 aliphatic rings. The van der Waals surface area contributed by atoms with Crippen molar-refractivity contribution in [1.29, 1.82) is 0 Å². The van der Waals surface area contributed by atoms with E-state index in [9.17, 15) is 20.1 Å². The van der Waals surface area contributed by atoms with E-state index in [2.05, 4.69) is 15.0 Å². The zero-order valence-corrected chi connectivity index (χ0v) is 14.9. The second kappa shape index (κ2) is 7.41. The summed E-state index contributed by atoms with van der Waals surface area (Å²) in [5.74, 6) is 0.580. The Balaban J connectivity index is 1.76. The monoisotopic (exact) mass is 390 g/mol. The summed E-state index contributed by atoms with van der Waals surface area (Å²) in [4.78, 5) is 23.1. The maximum atomic E-state index is 12.1. The first-order valence-corrected chi connectivity index (χ1v) is 9.33. The molecule has 0 bridgehead atoms. The second-order valence-electron chi connectivity index (χ2n) is 6.17. The van der Waals surface area contributed by atoms with Gasteiger partial charge in [-0.2, -0.15) is 0 Å². The molecular formula is C17H18N4O5S. The molecule has 0 amide bonds. The molecule has 9 nitrogen and oxygen atoms in total. The van der Waals surface area contributed by atoms with Crippen LogP contribution in [0.1, 0.15) is 11.8 Å². The van der Waals surface area contributed by atoms with Crippen LogP contribution in [0, 0.1) is 0 Å². The van der Waals surface area contributed by atoms with Crippen molar-refractivity contribution in [2.45, 2.75) is 35.4 Å². The van der Waals surface area contributed by atoms with Gasteiger partial charge in [0, 0.05) is 5.75 Å². The van der Waals surface area contributed by atoms with E-state index in [1.165, 1.54) is 22.7 Å². The minimum absolute atomic E-state index is 0.116. The molecule has 3 aromatic rings. The highest BCUT2D eigenvalue weighted by atomic mass is 32.2. The van der Waals surface area contributed by atoms with Crippen LogP contribution >= 0.6 is 11.8 Å². The smallest absolute Gasteiger partial charge is 0.278 e. The zero-order chi connectivity index (χ0) is 19.0. The van der Waals surface area contributed by atoms with Crippen molar-refractivity contribution in [1.82, 2.24) is 19.5 Å². The van der Waals surface area contributed by atoms with Crippen LogP contribution in [-0.2, 0) is 10.5 Å². The number of nitrogens with zero attached hydrogens (tertiary/aromatic N) is 3. The maximum absolute atomic E-state index is 12.1. The molecule has 0 saturated carbocycles. The van der Waals surface area contributed by atoms with Crippen LogP contribution in [0.25, 0.3) is 11.2 Å². The number of thioether (sulfide) groups is 1. The molecule has 2 aromatic heterocycles. The summed E-state index contributed by atoms with van der Waals surface area (Å²) in [6, 6.07) is 9.72. The van der Waals surface area contributed by atoms with Crippen LogP contribution in [0.4, 0.5) is 0 Å². The van der Waals surface area contributed by atoms with Gasteiger partial charge < -0.3 is 25.0 Å². The summed E-state index contributed by atoms with van der Waals surface area (Å²) in [5, 5.41) is 30.3. The molecule has 0 unspecified atom stereocenters. The molecule has 0 radical (unpaired) electrons. The molecule has 0 spiro atoms. The van der Waals surface area contributed by atoms with Gasteiger partial charge in [-0.05, 0) is 5.56 Å². The lowest BCUT2D eigenvalue weighted by molar-refractivity contribution is -0.0548. The molecule has 1 fully saturated rings. The van der Waals surface area contributed by atoms with Gasteiger partial charge in [-0.25, -0.2) is 9.97 Å². The maximum Gasteiger partial charge on any atom is 0.278 e. The number of aliphatic hydroxyl groups excluding tert-OH is 3. The first-order chi connectivity index (χ1) is 13.1. The Morgan fingerprint density at radius 2 is 2.00 bits per heavy atom. The number of fused-ring (bicyclic) bond motifs is 1. The number of nitrogens with one attached hydrogen (secondary N) is 1. The minimum atomic E-state index is -1.29. The van der Waals surface area contributed by atoms with Crippen molar-refractivity contribution in [2.24, 2.45) is 0 Å². The summed E-state index contributed by atoms with van der Waals surface area (Å²) >= 11 is 1.36. The van der Waals surface area contributed by atoms with Gasteiger partial charge in [0.15, 0.2) is 22.5 Å². The van der Waals surface area contributed by atoms with Gasteiger partial charge in [0.25, 0.3) is 5.56 Å². The van der Waals surface area contributed by atoms with E-state index in [4.69, 9.17) is 4.74 Å². The Labute approximate surface area is 157 Å². The molecule has 1 aromatic carbocycles. The van der Waals surface area contributed by atoms with Gasteiger partial charge >= 0.3 is 0 Å². The number of aromatic amines is 1. The Hall–Kier alpha value is -2.24. The molecule has 10 heteroatoms. The van der Waals surface area contributed by atoms with E-state index in [0.717, 1.165) is 5.56 Å².